The largest absolute Gasteiger partial charge is 0.377 e. The molecule has 3 N–H and O–H groups in total. The summed E-state index contributed by atoms with van der Waals surface area (Å²) in [5.74, 6) is 0. The number of anilines is 1. The molecule has 0 fully saturated rings. The molecule has 0 aliphatic heterocycles. The maximum atomic E-state index is 5.92. The van der Waals surface area contributed by atoms with E-state index in [4.69, 9.17) is 5.73 Å². The molecule has 2 aromatic carbocycles. The van der Waals surface area contributed by atoms with E-state index in [1.54, 1.807) is 0 Å². The minimum absolute atomic E-state index is 0.141. The highest BCUT2D eigenvalue weighted by Crippen LogP contribution is 2.23. The van der Waals surface area contributed by atoms with Gasteiger partial charge in [-0.1, -0.05) is 39.7 Å². The van der Waals surface area contributed by atoms with Gasteiger partial charge in [0, 0.05) is 16.7 Å². The summed E-state index contributed by atoms with van der Waals surface area (Å²) in [5.41, 5.74) is 10.8. The summed E-state index contributed by atoms with van der Waals surface area (Å²) in [6.07, 6.45) is 0. The number of nitrogens with one attached hydrogen (secondary N) is 1. The fraction of sp³-hybridized carbons (Fsp3) is 0.250. The smallest absolute Gasteiger partial charge is 0.0638 e. The lowest BCUT2D eigenvalue weighted by atomic mass is 9.99. The summed E-state index contributed by atoms with van der Waals surface area (Å²) in [5, 5.41) is 3.49. The van der Waals surface area contributed by atoms with Crippen LogP contribution >= 0.6 is 15.9 Å². The van der Waals surface area contributed by atoms with Crippen LogP contribution in [0, 0.1) is 13.8 Å². The molecular weight excluding hydrogens is 300 g/mol. The Balaban J connectivity index is 2.22. The van der Waals surface area contributed by atoms with Gasteiger partial charge in [0.15, 0.2) is 0 Å². The Bertz CT molecular complexity index is 549. The maximum Gasteiger partial charge on any atom is 0.0638 e. The molecule has 2 rings (SSSR count). The van der Waals surface area contributed by atoms with Gasteiger partial charge in [-0.15, -0.1) is 0 Å². The Morgan fingerprint density at radius 2 is 1.79 bits per heavy atom. The van der Waals surface area contributed by atoms with E-state index in [1.807, 2.05) is 12.1 Å². The van der Waals surface area contributed by atoms with Gasteiger partial charge in [0.05, 0.1) is 6.04 Å². The second-order valence-electron chi connectivity index (χ2n) is 4.80. The third-order valence-corrected chi connectivity index (χ3v) is 3.75. The molecule has 2 aromatic rings. The average molecular weight is 319 g/mol. The predicted octanol–water partition coefficient (Wildman–Crippen LogP) is 4.18. The van der Waals surface area contributed by atoms with E-state index < -0.39 is 0 Å². The average Bonchev–Trinajstić information content (AvgIpc) is 2.39. The van der Waals surface area contributed by atoms with Crippen molar-refractivity contribution in [2.45, 2.75) is 19.9 Å². The Morgan fingerprint density at radius 1 is 1.11 bits per heavy atom. The zero-order valence-electron chi connectivity index (χ0n) is 11.3. The lowest BCUT2D eigenvalue weighted by Gasteiger charge is -2.21. The van der Waals surface area contributed by atoms with Gasteiger partial charge >= 0.3 is 0 Å². The topological polar surface area (TPSA) is 38.0 Å². The van der Waals surface area contributed by atoms with Gasteiger partial charge < -0.3 is 11.1 Å². The second kappa shape index (κ2) is 6.22. The number of rotatable bonds is 4. The van der Waals surface area contributed by atoms with E-state index in [2.05, 4.69) is 65.4 Å². The SMILES string of the molecule is Cc1ccc(C(CN)Nc2ccc(Br)cc2)c(C)c1. The van der Waals surface area contributed by atoms with Crippen molar-refractivity contribution in [3.63, 3.8) is 0 Å². The van der Waals surface area contributed by atoms with Crippen molar-refractivity contribution in [1.29, 1.82) is 0 Å². The first-order valence-corrected chi connectivity index (χ1v) is 7.19. The van der Waals surface area contributed by atoms with Crippen LogP contribution in [0.5, 0.6) is 0 Å². The molecule has 0 saturated heterocycles. The minimum atomic E-state index is 0.141. The van der Waals surface area contributed by atoms with E-state index in [0.29, 0.717) is 6.54 Å². The van der Waals surface area contributed by atoms with Gasteiger partial charge in [-0.2, -0.15) is 0 Å². The predicted molar refractivity (Wildman–Crippen MR) is 85.5 cm³/mol. The van der Waals surface area contributed by atoms with Crippen molar-refractivity contribution in [2.75, 3.05) is 11.9 Å². The molecule has 0 spiro atoms. The molecule has 19 heavy (non-hydrogen) atoms. The molecule has 2 nitrogen and oxygen atoms in total. The van der Waals surface area contributed by atoms with Crippen LogP contribution in [-0.4, -0.2) is 6.54 Å². The third-order valence-electron chi connectivity index (χ3n) is 3.22. The number of aryl methyl sites for hydroxylation is 2. The number of halogens is 1. The van der Waals surface area contributed by atoms with Gasteiger partial charge in [0.1, 0.15) is 0 Å². The molecule has 100 valence electrons. The normalized spacial score (nSPS) is 12.2. The van der Waals surface area contributed by atoms with Crippen molar-refractivity contribution >= 4 is 21.6 Å². The first kappa shape index (κ1) is 14.1. The molecule has 0 radical (unpaired) electrons. The monoisotopic (exact) mass is 318 g/mol. The van der Waals surface area contributed by atoms with E-state index in [0.717, 1.165) is 10.2 Å². The van der Waals surface area contributed by atoms with Crippen LogP contribution in [0.1, 0.15) is 22.7 Å². The van der Waals surface area contributed by atoms with Crippen molar-refractivity contribution in [3.8, 4) is 0 Å². The molecule has 0 aliphatic carbocycles. The highest BCUT2D eigenvalue weighted by molar-refractivity contribution is 9.10. The fourth-order valence-electron chi connectivity index (χ4n) is 2.23. The lowest BCUT2D eigenvalue weighted by molar-refractivity contribution is 0.783. The van der Waals surface area contributed by atoms with Crippen molar-refractivity contribution in [2.24, 2.45) is 5.73 Å². The summed E-state index contributed by atoms with van der Waals surface area (Å²) >= 11 is 3.44. The first-order chi connectivity index (χ1) is 9.10. The summed E-state index contributed by atoms with van der Waals surface area (Å²) in [7, 11) is 0. The van der Waals surface area contributed by atoms with Crippen LogP contribution in [0.4, 0.5) is 5.69 Å². The summed E-state index contributed by atoms with van der Waals surface area (Å²) in [6, 6.07) is 14.8. The molecule has 0 amide bonds. The van der Waals surface area contributed by atoms with Crippen LogP contribution in [-0.2, 0) is 0 Å². The van der Waals surface area contributed by atoms with Gasteiger partial charge in [-0.25, -0.2) is 0 Å². The van der Waals surface area contributed by atoms with Crippen LogP contribution in [0.25, 0.3) is 0 Å². The molecule has 3 heteroatoms. The van der Waals surface area contributed by atoms with Crippen LogP contribution < -0.4 is 11.1 Å². The Morgan fingerprint density at radius 3 is 2.37 bits per heavy atom. The van der Waals surface area contributed by atoms with Crippen molar-refractivity contribution < 1.29 is 0 Å². The van der Waals surface area contributed by atoms with E-state index in [-0.39, 0.29) is 6.04 Å². The van der Waals surface area contributed by atoms with Gasteiger partial charge in [0.25, 0.3) is 0 Å². The van der Waals surface area contributed by atoms with Gasteiger partial charge in [-0.05, 0) is 49.2 Å². The summed E-state index contributed by atoms with van der Waals surface area (Å²) in [6.45, 7) is 4.81. The molecule has 1 atom stereocenters. The third kappa shape index (κ3) is 3.58. The highest BCUT2D eigenvalue weighted by Gasteiger charge is 2.11. The molecule has 0 heterocycles. The van der Waals surface area contributed by atoms with Crippen molar-refractivity contribution in [3.05, 3.63) is 63.6 Å². The lowest BCUT2D eigenvalue weighted by Crippen LogP contribution is -2.21. The number of nitrogens with two attached hydrogens (primary N) is 1. The Labute approximate surface area is 123 Å². The molecule has 1 unspecified atom stereocenters. The minimum Gasteiger partial charge on any atom is -0.377 e. The molecule has 0 aliphatic rings. The fourth-order valence-corrected chi connectivity index (χ4v) is 2.49. The van der Waals surface area contributed by atoms with Gasteiger partial charge in [-0.3, -0.25) is 0 Å². The molecule has 0 bridgehead atoms. The zero-order chi connectivity index (χ0) is 13.8. The molecular formula is C16H19BrN2. The van der Waals surface area contributed by atoms with E-state index >= 15 is 0 Å². The second-order valence-corrected chi connectivity index (χ2v) is 5.72. The summed E-state index contributed by atoms with van der Waals surface area (Å²) in [4.78, 5) is 0. The number of benzene rings is 2. The Hall–Kier alpha value is -1.32. The zero-order valence-corrected chi connectivity index (χ0v) is 12.9. The standard InChI is InChI=1S/C16H19BrN2/c1-11-3-8-15(12(2)9-11)16(10-18)19-14-6-4-13(17)5-7-14/h3-9,16,19H,10,18H2,1-2H3. The number of hydrogen-bond acceptors (Lipinski definition) is 2. The number of hydrogen-bond donors (Lipinski definition) is 2. The molecule has 0 aromatic heterocycles. The quantitative estimate of drug-likeness (QED) is 0.887. The first-order valence-electron chi connectivity index (χ1n) is 6.39. The van der Waals surface area contributed by atoms with Crippen LogP contribution in [0.15, 0.2) is 46.9 Å². The van der Waals surface area contributed by atoms with Crippen LogP contribution in [0.2, 0.25) is 0 Å². The van der Waals surface area contributed by atoms with Gasteiger partial charge in [0.2, 0.25) is 0 Å². The summed E-state index contributed by atoms with van der Waals surface area (Å²) < 4.78 is 1.08. The molecule has 0 saturated carbocycles. The van der Waals surface area contributed by atoms with Crippen molar-refractivity contribution in [1.82, 2.24) is 0 Å². The van der Waals surface area contributed by atoms with Crippen LogP contribution in [0.3, 0.4) is 0 Å². The van der Waals surface area contributed by atoms with E-state index in [9.17, 15) is 0 Å². The Kier molecular flexibility index (Phi) is 4.61. The maximum absolute atomic E-state index is 5.92. The van der Waals surface area contributed by atoms with E-state index in [1.165, 1.54) is 16.7 Å². The highest BCUT2D eigenvalue weighted by atomic mass is 79.9.